The van der Waals surface area contributed by atoms with E-state index in [1.54, 1.807) is 11.3 Å². The van der Waals surface area contributed by atoms with E-state index in [1.807, 2.05) is 30.2 Å². The molecule has 1 unspecified atom stereocenters. The zero-order valence-corrected chi connectivity index (χ0v) is 9.08. The van der Waals surface area contributed by atoms with Crippen LogP contribution in [0.25, 0.3) is 0 Å². The van der Waals surface area contributed by atoms with Crippen molar-refractivity contribution in [3.8, 4) is 0 Å². The number of hydrogen-bond donors (Lipinski definition) is 1. The molecule has 0 spiro atoms. The minimum absolute atomic E-state index is 0.0613. The lowest BCUT2D eigenvalue weighted by Crippen LogP contribution is -2.16. The number of aromatic nitrogens is 2. The summed E-state index contributed by atoms with van der Waals surface area (Å²) in [4.78, 5) is 0. The molecule has 0 radical (unpaired) electrons. The third-order valence-electron chi connectivity index (χ3n) is 2.37. The first-order valence-corrected chi connectivity index (χ1v) is 5.40. The Hall–Kier alpha value is -1.13. The Bertz CT molecular complexity index is 397. The summed E-state index contributed by atoms with van der Waals surface area (Å²) in [5, 5.41) is 8.31. The molecule has 4 heteroatoms. The SMILES string of the molecule is Cc1cnn(C)c1C(N)c1ccsc1. The maximum atomic E-state index is 6.15. The second-order valence-electron chi connectivity index (χ2n) is 3.37. The molecule has 0 bridgehead atoms. The average molecular weight is 207 g/mol. The Morgan fingerprint density at radius 1 is 1.57 bits per heavy atom. The summed E-state index contributed by atoms with van der Waals surface area (Å²) in [5.74, 6) is 0. The van der Waals surface area contributed by atoms with Crippen molar-refractivity contribution in [2.45, 2.75) is 13.0 Å². The van der Waals surface area contributed by atoms with Crippen molar-refractivity contribution < 1.29 is 0 Å². The zero-order chi connectivity index (χ0) is 10.1. The quantitative estimate of drug-likeness (QED) is 0.816. The van der Waals surface area contributed by atoms with Crippen molar-refractivity contribution in [3.05, 3.63) is 39.8 Å². The Labute approximate surface area is 87.2 Å². The number of thiophene rings is 1. The fraction of sp³-hybridized carbons (Fsp3) is 0.300. The van der Waals surface area contributed by atoms with Crippen molar-refractivity contribution in [1.29, 1.82) is 0 Å². The molecule has 0 aliphatic carbocycles. The van der Waals surface area contributed by atoms with E-state index in [4.69, 9.17) is 5.73 Å². The maximum absolute atomic E-state index is 6.15. The number of rotatable bonds is 2. The largest absolute Gasteiger partial charge is 0.319 e. The van der Waals surface area contributed by atoms with Crippen LogP contribution in [0.4, 0.5) is 0 Å². The van der Waals surface area contributed by atoms with Crippen molar-refractivity contribution >= 4 is 11.3 Å². The van der Waals surface area contributed by atoms with Crippen LogP contribution in [0.15, 0.2) is 23.0 Å². The van der Waals surface area contributed by atoms with Gasteiger partial charge in [-0.2, -0.15) is 16.4 Å². The molecule has 2 rings (SSSR count). The van der Waals surface area contributed by atoms with Gasteiger partial charge in [-0.25, -0.2) is 0 Å². The first-order chi connectivity index (χ1) is 6.70. The van der Waals surface area contributed by atoms with Crippen LogP contribution >= 0.6 is 11.3 Å². The van der Waals surface area contributed by atoms with Gasteiger partial charge in [-0.1, -0.05) is 0 Å². The molecule has 2 N–H and O–H groups in total. The van der Waals surface area contributed by atoms with E-state index < -0.39 is 0 Å². The fourth-order valence-electron chi connectivity index (χ4n) is 1.61. The number of nitrogens with two attached hydrogens (primary N) is 1. The summed E-state index contributed by atoms with van der Waals surface area (Å²) in [7, 11) is 1.93. The third kappa shape index (κ3) is 1.47. The first kappa shape index (κ1) is 9.43. The van der Waals surface area contributed by atoms with Crippen molar-refractivity contribution in [3.63, 3.8) is 0 Å². The van der Waals surface area contributed by atoms with Crippen molar-refractivity contribution in [1.82, 2.24) is 9.78 Å². The molecule has 3 nitrogen and oxygen atoms in total. The van der Waals surface area contributed by atoms with E-state index >= 15 is 0 Å². The van der Waals surface area contributed by atoms with Crippen LogP contribution in [0.5, 0.6) is 0 Å². The van der Waals surface area contributed by atoms with E-state index in [1.165, 1.54) is 0 Å². The molecule has 0 aromatic carbocycles. The third-order valence-corrected chi connectivity index (χ3v) is 3.08. The molecule has 0 saturated heterocycles. The van der Waals surface area contributed by atoms with Crippen LogP contribution in [-0.2, 0) is 7.05 Å². The first-order valence-electron chi connectivity index (χ1n) is 4.46. The fourth-order valence-corrected chi connectivity index (χ4v) is 2.31. The van der Waals surface area contributed by atoms with Crippen LogP contribution in [0, 0.1) is 6.92 Å². The smallest absolute Gasteiger partial charge is 0.0733 e. The maximum Gasteiger partial charge on any atom is 0.0733 e. The van der Waals surface area contributed by atoms with E-state index in [9.17, 15) is 0 Å². The van der Waals surface area contributed by atoms with Gasteiger partial charge in [-0.3, -0.25) is 4.68 Å². The van der Waals surface area contributed by atoms with Gasteiger partial charge in [0.15, 0.2) is 0 Å². The van der Waals surface area contributed by atoms with E-state index in [0.29, 0.717) is 0 Å². The molecule has 14 heavy (non-hydrogen) atoms. The second kappa shape index (κ2) is 3.55. The van der Waals surface area contributed by atoms with E-state index in [-0.39, 0.29) is 6.04 Å². The van der Waals surface area contributed by atoms with Crippen LogP contribution in [-0.4, -0.2) is 9.78 Å². The summed E-state index contributed by atoms with van der Waals surface area (Å²) < 4.78 is 1.84. The minimum atomic E-state index is -0.0613. The number of aryl methyl sites for hydroxylation is 2. The predicted octanol–water partition coefficient (Wildman–Crippen LogP) is 1.84. The molecule has 0 aliphatic rings. The lowest BCUT2D eigenvalue weighted by atomic mass is 10.1. The van der Waals surface area contributed by atoms with E-state index in [0.717, 1.165) is 16.8 Å². The number of nitrogens with zero attached hydrogens (tertiary/aromatic N) is 2. The molecular formula is C10H13N3S. The topological polar surface area (TPSA) is 43.8 Å². The van der Waals surface area contributed by atoms with Crippen molar-refractivity contribution in [2.75, 3.05) is 0 Å². The molecule has 74 valence electrons. The predicted molar refractivity (Wildman–Crippen MR) is 58.3 cm³/mol. The lowest BCUT2D eigenvalue weighted by molar-refractivity contribution is 0.671. The number of hydrogen-bond acceptors (Lipinski definition) is 3. The molecule has 1 atom stereocenters. The van der Waals surface area contributed by atoms with Crippen LogP contribution in [0.1, 0.15) is 22.9 Å². The summed E-state index contributed by atoms with van der Waals surface area (Å²) >= 11 is 1.67. The van der Waals surface area contributed by atoms with E-state index in [2.05, 4.69) is 16.5 Å². The van der Waals surface area contributed by atoms with Crippen LogP contribution in [0.2, 0.25) is 0 Å². The van der Waals surface area contributed by atoms with Gasteiger partial charge in [-0.05, 0) is 34.9 Å². The molecular weight excluding hydrogens is 194 g/mol. The Balaban J connectivity index is 2.41. The van der Waals surface area contributed by atoms with Gasteiger partial charge in [-0.15, -0.1) is 0 Å². The van der Waals surface area contributed by atoms with Gasteiger partial charge in [0.1, 0.15) is 0 Å². The molecule has 2 aromatic rings. The Kier molecular flexibility index (Phi) is 2.39. The normalized spacial score (nSPS) is 13.1. The molecule has 2 aromatic heterocycles. The Morgan fingerprint density at radius 2 is 2.36 bits per heavy atom. The standard InChI is InChI=1S/C10H13N3S/c1-7-5-12-13(2)10(7)9(11)8-3-4-14-6-8/h3-6,9H,11H2,1-2H3. The van der Waals surface area contributed by atoms with Crippen LogP contribution < -0.4 is 5.73 Å². The van der Waals surface area contributed by atoms with Gasteiger partial charge >= 0.3 is 0 Å². The zero-order valence-electron chi connectivity index (χ0n) is 8.27. The van der Waals surface area contributed by atoms with Gasteiger partial charge in [0.2, 0.25) is 0 Å². The molecule has 0 aliphatic heterocycles. The summed E-state index contributed by atoms with van der Waals surface area (Å²) in [6.07, 6.45) is 1.85. The highest BCUT2D eigenvalue weighted by molar-refractivity contribution is 7.07. The van der Waals surface area contributed by atoms with Gasteiger partial charge in [0, 0.05) is 7.05 Å². The van der Waals surface area contributed by atoms with Crippen LogP contribution in [0.3, 0.4) is 0 Å². The summed E-state index contributed by atoms with van der Waals surface area (Å²) in [5.41, 5.74) is 9.54. The highest BCUT2D eigenvalue weighted by atomic mass is 32.1. The highest BCUT2D eigenvalue weighted by Gasteiger charge is 2.15. The Morgan fingerprint density at radius 3 is 2.86 bits per heavy atom. The van der Waals surface area contributed by atoms with Gasteiger partial charge in [0.05, 0.1) is 17.9 Å². The summed E-state index contributed by atoms with van der Waals surface area (Å²) in [6, 6.07) is 2.00. The molecule has 0 saturated carbocycles. The molecule has 2 heterocycles. The lowest BCUT2D eigenvalue weighted by Gasteiger charge is -2.11. The average Bonchev–Trinajstić information content (AvgIpc) is 2.75. The van der Waals surface area contributed by atoms with Crippen molar-refractivity contribution in [2.24, 2.45) is 12.8 Å². The second-order valence-corrected chi connectivity index (χ2v) is 4.15. The van der Waals surface area contributed by atoms with Gasteiger partial charge < -0.3 is 5.73 Å². The van der Waals surface area contributed by atoms with Gasteiger partial charge in [0.25, 0.3) is 0 Å². The molecule has 0 amide bonds. The molecule has 0 fully saturated rings. The monoisotopic (exact) mass is 207 g/mol. The summed E-state index contributed by atoms with van der Waals surface area (Å²) in [6.45, 7) is 2.04. The highest BCUT2D eigenvalue weighted by Crippen LogP contribution is 2.23. The minimum Gasteiger partial charge on any atom is -0.319 e.